The molecule has 5 heteroatoms. The number of nitrogens with two attached hydrogens (primary N) is 1. The van der Waals surface area contributed by atoms with Crippen molar-refractivity contribution in [2.45, 2.75) is 29.7 Å². The van der Waals surface area contributed by atoms with E-state index in [1.807, 2.05) is 43.3 Å². The van der Waals surface area contributed by atoms with Gasteiger partial charge in [-0.3, -0.25) is 0 Å². The number of aryl methyl sites for hydroxylation is 1. The van der Waals surface area contributed by atoms with E-state index in [0.717, 1.165) is 11.3 Å². The van der Waals surface area contributed by atoms with Gasteiger partial charge >= 0.3 is 0 Å². The van der Waals surface area contributed by atoms with Crippen molar-refractivity contribution in [2.75, 3.05) is 6.61 Å². The number of aliphatic hydroxyl groups excluding tert-OH is 1. The Labute approximate surface area is 135 Å². The van der Waals surface area contributed by atoms with Crippen LogP contribution in [0.15, 0.2) is 47.5 Å². The van der Waals surface area contributed by atoms with Crippen molar-refractivity contribution in [3.8, 4) is 6.07 Å². The van der Waals surface area contributed by atoms with Crippen LogP contribution < -0.4 is 5.73 Å². The minimum absolute atomic E-state index is 0.0461. The first-order valence-electron chi connectivity index (χ1n) is 7.09. The number of aromatic nitrogens is 1. The van der Waals surface area contributed by atoms with Gasteiger partial charge < -0.3 is 10.8 Å². The van der Waals surface area contributed by atoms with Gasteiger partial charge in [0.1, 0.15) is 11.1 Å². The van der Waals surface area contributed by atoms with Crippen molar-refractivity contribution in [1.82, 2.24) is 4.98 Å². The maximum Gasteiger partial charge on any atom is 0.115 e. The van der Waals surface area contributed by atoms with Crippen LogP contribution in [-0.2, 0) is 0 Å². The van der Waals surface area contributed by atoms with Crippen LogP contribution in [0.25, 0.3) is 0 Å². The molecule has 0 aliphatic rings. The lowest BCUT2D eigenvalue weighted by atomic mass is 10.1. The van der Waals surface area contributed by atoms with Gasteiger partial charge in [0.15, 0.2) is 0 Å². The average Bonchev–Trinajstić information content (AvgIpc) is 2.55. The zero-order valence-electron chi connectivity index (χ0n) is 12.4. The number of hydrogen-bond acceptors (Lipinski definition) is 5. The van der Waals surface area contributed by atoms with Crippen LogP contribution in [0.2, 0.25) is 0 Å². The van der Waals surface area contributed by atoms with Crippen molar-refractivity contribution < 1.29 is 5.11 Å². The van der Waals surface area contributed by atoms with Crippen molar-refractivity contribution in [3.05, 3.63) is 59.3 Å². The topological polar surface area (TPSA) is 82.9 Å². The van der Waals surface area contributed by atoms with Crippen LogP contribution in [-0.4, -0.2) is 22.7 Å². The number of hydrogen-bond donors (Lipinski definition) is 2. The summed E-state index contributed by atoms with van der Waals surface area (Å²) in [6, 6.07) is 15.5. The molecule has 0 bridgehead atoms. The molecule has 0 aliphatic heterocycles. The zero-order chi connectivity index (χ0) is 15.9. The maximum atomic E-state index is 9.25. The number of rotatable bonds is 6. The molecule has 2 aromatic rings. The van der Waals surface area contributed by atoms with Gasteiger partial charge in [0, 0.05) is 17.0 Å². The summed E-state index contributed by atoms with van der Waals surface area (Å²) in [5.74, 6) is 0. The van der Waals surface area contributed by atoms with Gasteiger partial charge in [0.05, 0.1) is 12.2 Å². The van der Waals surface area contributed by atoms with Gasteiger partial charge in [0.25, 0.3) is 0 Å². The highest BCUT2D eigenvalue weighted by Crippen LogP contribution is 2.38. The molecule has 1 aromatic carbocycles. The molecule has 0 spiro atoms. The maximum absolute atomic E-state index is 9.25. The first kappa shape index (κ1) is 16.5. The number of nitriles is 1. The second kappa shape index (κ2) is 7.95. The molecule has 22 heavy (non-hydrogen) atoms. The number of pyridine rings is 1. The minimum Gasteiger partial charge on any atom is -0.395 e. The summed E-state index contributed by atoms with van der Waals surface area (Å²) in [4.78, 5) is 4.48. The van der Waals surface area contributed by atoms with E-state index in [1.165, 1.54) is 11.8 Å². The molecule has 0 saturated heterocycles. The molecular weight excluding hydrogens is 294 g/mol. The lowest BCUT2D eigenvalue weighted by molar-refractivity contribution is 0.259. The van der Waals surface area contributed by atoms with Crippen LogP contribution >= 0.6 is 11.8 Å². The third-order valence-electron chi connectivity index (χ3n) is 3.30. The standard InChI is InChI=1S/C17H19N3OS/c1-12-7-8-14(10-18)17(20-12)22-16(9-15(19)11-21)13-5-3-2-4-6-13/h2-8,15-16,21H,9,11,19H2,1H3/t15-,16-/m1/s1. The van der Waals surface area contributed by atoms with Gasteiger partial charge in [-0.15, -0.1) is 0 Å². The highest BCUT2D eigenvalue weighted by Gasteiger charge is 2.19. The van der Waals surface area contributed by atoms with Crippen LogP contribution in [0.1, 0.15) is 28.5 Å². The van der Waals surface area contributed by atoms with E-state index in [0.29, 0.717) is 17.0 Å². The normalized spacial score (nSPS) is 13.4. The lowest BCUT2D eigenvalue weighted by Gasteiger charge is -2.20. The highest BCUT2D eigenvalue weighted by molar-refractivity contribution is 7.99. The van der Waals surface area contributed by atoms with Crippen LogP contribution in [0.3, 0.4) is 0 Å². The average molecular weight is 313 g/mol. The molecule has 0 unspecified atom stereocenters. The summed E-state index contributed by atoms with van der Waals surface area (Å²) in [5, 5.41) is 19.2. The first-order chi connectivity index (χ1) is 10.6. The van der Waals surface area contributed by atoms with E-state index in [-0.39, 0.29) is 17.9 Å². The second-order valence-corrected chi connectivity index (χ2v) is 6.30. The molecule has 2 atom stereocenters. The Morgan fingerprint density at radius 3 is 2.64 bits per heavy atom. The van der Waals surface area contributed by atoms with E-state index in [1.54, 1.807) is 6.07 Å². The number of thioether (sulfide) groups is 1. The number of aliphatic hydroxyl groups is 1. The largest absolute Gasteiger partial charge is 0.395 e. The van der Waals surface area contributed by atoms with Gasteiger partial charge in [-0.2, -0.15) is 5.26 Å². The molecule has 0 fully saturated rings. The monoisotopic (exact) mass is 313 g/mol. The number of nitrogens with zero attached hydrogens (tertiary/aromatic N) is 2. The fourth-order valence-electron chi connectivity index (χ4n) is 2.11. The summed E-state index contributed by atoms with van der Waals surface area (Å²) in [5.41, 5.74) is 8.47. The quantitative estimate of drug-likeness (QED) is 0.801. The Bertz CT molecular complexity index is 655. The van der Waals surface area contributed by atoms with Crippen LogP contribution in [0.5, 0.6) is 0 Å². The summed E-state index contributed by atoms with van der Waals surface area (Å²) in [6.45, 7) is 1.85. The fourth-order valence-corrected chi connectivity index (χ4v) is 3.46. The molecule has 1 aromatic heterocycles. The fraction of sp³-hybridized carbons (Fsp3) is 0.294. The van der Waals surface area contributed by atoms with E-state index >= 15 is 0 Å². The van der Waals surface area contributed by atoms with Gasteiger partial charge in [-0.25, -0.2) is 4.98 Å². The van der Waals surface area contributed by atoms with Gasteiger partial charge in [-0.05, 0) is 31.0 Å². The molecule has 4 nitrogen and oxygen atoms in total. The predicted octanol–water partition coefficient (Wildman–Crippen LogP) is 2.80. The summed E-state index contributed by atoms with van der Waals surface area (Å²) < 4.78 is 0. The molecule has 2 rings (SSSR count). The van der Waals surface area contributed by atoms with Crippen LogP contribution in [0, 0.1) is 18.3 Å². The molecule has 0 aliphatic carbocycles. The van der Waals surface area contributed by atoms with E-state index in [4.69, 9.17) is 5.73 Å². The van der Waals surface area contributed by atoms with E-state index in [2.05, 4.69) is 11.1 Å². The van der Waals surface area contributed by atoms with Gasteiger partial charge in [-0.1, -0.05) is 42.1 Å². The Morgan fingerprint density at radius 2 is 2.00 bits per heavy atom. The molecule has 3 N–H and O–H groups in total. The summed E-state index contributed by atoms with van der Waals surface area (Å²) in [6.07, 6.45) is 0.617. The van der Waals surface area contributed by atoms with Crippen molar-refractivity contribution in [2.24, 2.45) is 5.73 Å². The van der Waals surface area contributed by atoms with Crippen molar-refractivity contribution >= 4 is 11.8 Å². The van der Waals surface area contributed by atoms with Crippen LogP contribution in [0.4, 0.5) is 0 Å². The molecule has 0 saturated carbocycles. The first-order valence-corrected chi connectivity index (χ1v) is 7.97. The Hall–Kier alpha value is -1.87. The third kappa shape index (κ3) is 4.31. The van der Waals surface area contributed by atoms with E-state index < -0.39 is 0 Å². The Balaban J connectivity index is 2.31. The predicted molar refractivity (Wildman–Crippen MR) is 88.4 cm³/mol. The van der Waals surface area contributed by atoms with Crippen molar-refractivity contribution in [3.63, 3.8) is 0 Å². The van der Waals surface area contributed by atoms with E-state index in [9.17, 15) is 10.4 Å². The molecule has 1 heterocycles. The molecular formula is C17H19N3OS. The summed E-state index contributed by atoms with van der Waals surface area (Å²) >= 11 is 1.53. The number of benzene rings is 1. The Kier molecular flexibility index (Phi) is 5.96. The molecule has 0 radical (unpaired) electrons. The minimum atomic E-state index is -0.298. The Morgan fingerprint density at radius 1 is 1.27 bits per heavy atom. The third-order valence-corrected chi connectivity index (χ3v) is 4.58. The zero-order valence-corrected chi connectivity index (χ0v) is 13.3. The lowest BCUT2D eigenvalue weighted by Crippen LogP contribution is -2.26. The molecule has 0 amide bonds. The second-order valence-electron chi connectivity index (χ2n) is 5.11. The van der Waals surface area contributed by atoms with Crippen molar-refractivity contribution in [1.29, 1.82) is 5.26 Å². The smallest absolute Gasteiger partial charge is 0.115 e. The molecule has 114 valence electrons. The summed E-state index contributed by atoms with van der Waals surface area (Å²) in [7, 11) is 0. The van der Waals surface area contributed by atoms with Gasteiger partial charge in [0.2, 0.25) is 0 Å². The highest BCUT2D eigenvalue weighted by atomic mass is 32.2. The SMILES string of the molecule is Cc1ccc(C#N)c(S[C@H](C[C@@H](N)CO)c2ccccc2)n1.